The molecule has 0 amide bonds. The van der Waals surface area contributed by atoms with Crippen LogP contribution < -0.4 is 22.3 Å². The van der Waals surface area contributed by atoms with Crippen LogP contribution in [0.5, 0.6) is 0 Å². The second-order valence-corrected chi connectivity index (χ2v) is 4.86. The predicted octanol–water partition coefficient (Wildman–Crippen LogP) is -1.71. The molecule has 1 nitrogen and oxygen atoms in total. The molecule has 0 saturated heterocycles. The van der Waals surface area contributed by atoms with Crippen molar-refractivity contribution in [1.29, 1.82) is 0 Å². The highest BCUT2D eigenvalue weighted by Crippen LogP contribution is 2.08. The maximum Gasteiger partial charge on any atom is 0.0890 e. The molecular formula is C10H17BrNP. The standard InChI is InChI=1S/C10H16NP.BrH/c1-11(2)8-9-12-10-6-4-3-5-7-10;/h3-7,12H,8-9H2,1-2H3;1H. The van der Waals surface area contributed by atoms with Crippen LogP contribution in [0, 0.1) is 0 Å². The normalized spacial score (nSPS) is 10.7. The van der Waals surface area contributed by atoms with E-state index in [0.29, 0.717) is 8.58 Å². The molecule has 0 radical (unpaired) electrons. The first kappa shape index (κ1) is 13.1. The first-order valence-corrected chi connectivity index (χ1v) is 5.71. The lowest BCUT2D eigenvalue weighted by Gasteiger charge is -2.04. The number of nitrogens with zero attached hydrogens (tertiary/aromatic N) is 1. The van der Waals surface area contributed by atoms with Crippen LogP contribution in [0.25, 0.3) is 0 Å². The number of benzene rings is 1. The van der Waals surface area contributed by atoms with Gasteiger partial charge in [0.25, 0.3) is 0 Å². The maximum atomic E-state index is 2.25. The van der Waals surface area contributed by atoms with Crippen molar-refractivity contribution in [1.82, 2.24) is 4.90 Å². The van der Waals surface area contributed by atoms with Crippen LogP contribution >= 0.6 is 8.58 Å². The lowest BCUT2D eigenvalue weighted by Crippen LogP contribution is -3.00. The van der Waals surface area contributed by atoms with E-state index in [1.807, 2.05) is 0 Å². The molecule has 74 valence electrons. The van der Waals surface area contributed by atoms with Crippen molar-refractivity contribution in [2.24, 2.45) is 0 Å². The molecule has 1 rings (SSSR count). The quantitative estimate of drug-likeness (QED) is 0.584. The lowest BCUT2D eigenvalue weighted by molar-refractivity contribution is -0.00000249. The van der Waals surface area contributed by atoms with E-state index in [4.69, 9.17) is 0 Å². The summed E-state index contributed by atoms with van der Waals surface area (Å²) in [7, 11) is 4.74. The van der Waals surface area contributed by atoms with Gasteiger partial charge in [-0.05, 0) is 26.2 Å². The van der Waals surface area contributed by atoms with Crippen molar-refractivity contribution in [3.05, 3.63) is 30.3 Å². The van der Waals surface area contributed by atoms with E-state index in [2.05, 4.69) is 49.3 Å². The fraction of sp³-hybridized carbons (Fsp3) is 0.400. The minimum Gasteiger partial charge on any atom is -1.00 e. The van der Waals surface area contributed by atoms with Gasteiger partial charge in [0.05, 0.1) is 11.5 Å². The van der Waals surface area contributed by atoms with Crippen LogP contribution in [0.4, 0.5) is 0 Å². The molecule has 0 N–H and O–H groups in total. The van der Waals surface area contributed by atoms with E-state index in [1.54, 1.807) is 0 Å². The molecule has 0 aromatic heterocycles. The molecule has 0 heterocycles. The second kappa shape index (κ2) is 7.49. The van der Waals surface area contributed by atoms with Gasteiger partial charge >= 0.3 is 0 Å². The zero-order valence-corrected chi connectivity index (χ0v) is 10.9. The summed E-state index contributed by atoms with van der Waals surface area (Å²) < 4.78 is 0. The van der Waals surface area contributed by atoms with Gasteiger partial charge in [0.1, 0.15) is 0 Å². The fourth-order valence-electron chi connectivity index (χ4n) is 1.08. The SMILES string of the molecule is CN(C)CC[PH2+]c1ccccc1.[Br-]. The highest BCUT2D eigenvalue weighted by atomic mass is 79.9. The molecular weight excluding hydrogens is 245 g/mol. The Labute approximate surface area is 93.1 Å². The van der Waals surface area contributed by atoms with Crippen molar-refractivity contribution >= 4 is 13.9 Å². The van der Waals surface area contributed by atoms with Crippen LogP contribution in [-0.2, 0) is 0 Å². The Morgan fingerprint density at radius 1 is 1.15 bits per heavy atom. The van der Waals surface area contributed by atoms with Gasteiger partial charge in [0, 0.05) is 15.1 Å². The minimum atomic E-state index is 0. The number of halogens is 1. The Bertz CT molecular complexity index is 213. The van der Waals surface area contributed by atoms with Crippen molar-refractivity contribution < 1.29 is 17.0 Å². The van der Waals surface area contributed by atoms with Crippen molar-refractivity contribution in [3.8, 4) is 0 Å². The summed E-state index contributed by atoms with van der Waals surface area (Å²) in [5.41, 5.74) is 0. The Hall–Kier alpha value is 0.0900. The Morgan fingerprint density at radius 2 is 1.77 bits per heavy atom. The zero-order chi connectivity index (χ0) is 8.81. The largest absolute Gasteiger partial charge is 1.00 e. The number of rotatable bonds is 4. The maximum absolute atomic E-state index is 2.25. The van der Waals surface area contributed by atoms with Crippen LogP contribution in [0.2, 0.25) is 0 Å². The summed E-state index contributed by atoms with van der Waals surface area (Å²) in [6, 6.07) is 10.8. The summed E-state index contributed by atoms with van der Waals surface area (Å²) >= 11 is 0. The third-order valence-electron chi connectivity index (χ3n) is 1.76. The molecule has 0 aliphatic heterocycles. The van der Waals surface area contributed by atoms with E-state index in [0.717, 1.165) is 0 Å². The molecule has 0 fully saturated rings. The number of hydrogen-bond acceptors (Lipinski definition) is 1. The smallest absolute Gasteiger partial charge is 0.0890 e. The number of hydrogen-bond donors (Lipinski definition) is 0. The van der Waals surface area contributed by atoms with Gasteiger partial charge in [-0.25, -0.2) is 0 Å². The third kappa shape index (κ3) is 6.20. The molecule has 0 aliphatic rings. The molecule has 0 spiro atoms. The molecule has 0 bridgehead atoms. The Balaban J connectivity index is 0.00000144. The van der Waals surface area contributed by atoms with Crippen LogP contribution in [0.1, 0.15) is 0 Å². The van der Waals surface area contributed by atoms with Gasteiger partial charge in [-0.15, -0.1) is 0 Å². The van der Waals surface area contributed by atoms with E-state index in [1.165, 1.54) is 18.0 Å². The molecule has 3 heteroatoms. The van der Waals surface area contributed by atoms with Gasteiger partial charge < -0.3 is 21.9 Å². The van der Waals surface area contributed by atoms with Gasteiger partial charge in [-0.2, -0.15) is 0 Å². The molecule has 1 aromatic rings. The van der Waals surface area contributed by atoms with Crippen molar-refractivity contribution in [3.63, 3.8) is 0 Å². The van der Waals surface area contributed by atoms with Crippen LogP contribution in [-0.4, -0.2) is 31.7 Å². The average Bonchev–Trinajstić information content (AvgIpc) is 2.05. The molecule has 1 aromatic carbocycles. The first-order valence-electron chi connectivity index (χ1n) is 4.32. The van der Waals surface area contributed by atoms with Gasteiger partial charge in [0.15, 0.2) is 0 Å². The van der Waals surface area contributed by atoms with Gasteiger partial charge in [0.2, 0.25) is 0 Å². The fourth-order valence-corrected chi connectivity index (χ4v) is 2.55. The first-order chi connectivity index (χ1) is 5.79. The van der Waals surface area contributed by atoms with Crippen LogP contribution in [0.15, 0.2) is 30.3 Å². The van der Waals surface area contributed by atoms with Crippen molar-refractivity contribution in [2.45, 2.75) is 0 Å². The summed E-state index contributed by atoms with van der Waals surface area (Å²) in [5, 5.41) is 1.53. The summed E-state index contributed by atoms with van der Waals surface area (Å²) in [4.78, 5) is 2.25. The van der Waals surface area contributed by atoms with Gasteiger partial charge in [-0.1, -0.05) is 18.2 Å². The molecule has 1 atom stereocenters. The Morgan fingerprint density at radius 3 is 2.31 bits per heavy atom. The van der Waals surface area contributed by atoms with E-state index in [9.17, 15) is 0 Å². The van der Waals surface area contributed by atoms with Crippen LogP contribution in [0.3, 0.4) is 0 Å². The van der Waals surface area contributed by atoms with E-state index >= 15 is 0 Å². The monoisotopic (exact) mass is 261 g/mol. The third-order valence-corrected chi connectivity index (χ3v) is 3.16. The molecule has 13 heavy (non-hydrogen) atoms. The average molecular weight is 262 g/mol. The minimum absolute atomic E-state index is 0. The highest BCUT2D eigenvalue weighted by molar-refractivity contribution is 7.47. The van der Waals surface area contributed by atoms with Gasteiger partial charge in [-0.3, -0.25) is 0 Å². The Kier molecular flexibility index (Phi) is 7.54. The lowest BCUT2D eigenvalue weighted by atomic mass is 10.4. The highest BCUT2D eigenvalue weighted by Gasteiger charge is 1.98. The topological polar surface area (TPSA) is 3.24 Å². The molecule has 1 unspecified atom stereocenters. The summed E-state index contributed by atoms with van der Waals surface area (Å²) in [6.07, 6.45) is 1.33. The second-order valence-electron chi connectivity index (χ2n) is 3.21. The summed E-state index contributed by atoms with van der Waals surface area (Å²) in [5.74, 6) is 0. The molecule has 0 aliphatic carbocycles. The van der Waals surface area contributed by atoms with E-state index < -0.39 is 0 Å². The summed E-state index contributed by atoms with van der Waals surface area (Å²) in [6.45, 7) is 1.21. The zero-order valence-electron chi connectivity index (χ0n) is 8.20. The predicted molar refractivity (Wildman–Crippen MR) is 59.2 cm³/mol. The van der Waals surface area contributed by atoms with Crippen molar-refractivity contribution in [2.75, 3.05) is 26.8 Å². The molecule has 0 saturated carbocycles. The van der Waals surface area contributed by atoms with E-state index in [-0.39, 0.29) is 17.0 Å².